The van der Waals surface area contributed by atoms with Gasteiger partial charge in [-0.2, -0.15) is 4.98 Å². The largest absolute Gasteiger partial charge is 0.497 e. The van der Waals surface area contributed by atoms with Crippen molar-refractivity contribution in [2.45, 2.75) is 5.92 Å². The van der Waals surface area contributed by atoms with Crippen molar-refractivity contribution in [1.29, 1.82) is 0 Å². The van der Waals surface area contributed by atoms with Crippen molar-refractivity contribution in [1.82, 2.24) is 9.97 Å². The average molecular weight is 366 g/mol. The maximum atomic E-state index is 12.4. The first-order valence-corrected chi connectivity index (χ1v) is 9.19. The number of ether oxygens (including phenoxy) is 1. The number of rotatable bonds is 3. The summed E-state index contributed by atoms with van der Waals surface area (Å²) < 4.78 is 5.27. The van der Waals surface area contributed by atoms with E-state index in [2.05, 4.69) is 34.2 Å². The third kappa shape index (κ3) is 2.54. The fraction of sp³-hybridized carbons (Fsp3) is 0.0833. The van der Waals surface area contributed by atoms with Gasteiger partial charge in [0.1, 0.15) is 5.75 Å². The van der Waals surface area contributed by atoms with Crippen molar-refractivity contribution in [2.24, 2.45) is 0 Å². The summed E-state index contributed by atoms with van der Waals surface area (Å²) in [5.74, 6) is 0.794. The van der Waals surface area contributed by atoms with E-state index in [-0.39, 0.29) is 11.6 Å². The Morgan fingerprint density at radius 2 is 1.61 bits per heavy atom. The molecule has 0 spiro atoms. The fourth-order valence-electron chi connectivity index (χ4n) is 4.07. The zero-order valence-corrected chi connectivity index (χ0v) is 15.3. The Balaban J connectivity index is 1.81. The quantitative estimate of drug-likeness (QED) is 0.507. The molecule has 0 saturated carbocycles. The molecule has 1 unspecified atom stereocenters. The van der Waals surface area contributed by atoms with Crippen LogP contribution in [0.25, 0.3) is 22.5 Å². The van der Waals surface area contributed by atoms with E-state index in [0.29, 0.717) is 5.69 Å². The maximum Gasteiger partial charge on any atom is 0.345 e. The molecule has 0 amide bonds. The molecule has 4 nitrogen and oxygen atoms in total. The second-order valence-corrected chi connectivity index (χ2v) is 6.84. The van der Waals surface area contributed by atoms with E-state index in [1.54, 1.807) is 7.11 Å². The second-order valence-electron chi connectivity index (χ2n) is 6.84. The van der Waals surface area contributed by atoms with Gasteiger partial charge in [-0.25, -0.2) is 4.79 Å². The zero-order chi connectivity index (χ0) is 19.1. The standard InChI is InChI=1S/C24H18N2O2/c1-28-17-13-11-16(12-14-17)22-21-20(15-7-3-2-4-8-15)18-9-5-6-10-19(18)23(21)26-24(27)25-22/h2-14,20H,1H3,(H,25,26,27). The second kappa shape index (κ2) is 6.50. The summed E-state index contributed by atoms with van der Waals surface area (Å²) in [7, 11) is 1.64. The number of nitrogens with one attached hydrogen (secondary N) is 1. The van der Waals surface area contributed by atoms with Crippen LogP contribution in [0.15, 0.2) is 83.7 Å². The summed E-state index contributed by atoms with van der Waals surface area (Å²) in [6, 6.07) is 26.3. The molecule has 0 bridgehead atoms. The monoisotopic (exact) mass is 366 g/mol. The third-order valence-corrected chi connectivity index (χ3v) is 5.30. The molecule has 136 valence electrons. The van der Waals surface area contributed by atoms with Crippen LogP contribution >= 0.6 is 0 Å². The first kappa shape index (κ1) is 16.5. The Morgan fingerprint density at radius 3 is 2.36 bits per heavy atom. The predicted octanol–water partition coefficient (Wildman–Crippen LogP) is 4.61. The van der Waals surface area contributed by atoms with E-state index < -0.39 is 0 Å². The Kier molecular flexibility index (Phi) is 3.83. The number of nitrogens with zero attached hydrogens (tertiary/aromatic N) is 1. The molecule has 1 heterocycles. The van der Waals surface area contributed by atoms with Crippen LogP contribution in [-0.2, 0) is 0 Å². The fourth-order valence-corrected chi connectivity index (χ4v) is 4.07. The molecule has 0 aliphatic heterocycles. The van der Waals surface area contributed by atoms with Crippen LogP contribution in [0.4, 0.5) is 0 Å². The van der Waals surface area contributed by atoms with Crippen molar-refractivity contribution < 1.29 is 4.74 Å². The van der Waals surface area contributed by atoms with Crippen molar-refractivity contribution in [3.8, 4) is 28.3 Å². The smallest absolute Gasteiger partial charge is 0.345 e. The van der Waals surface area contributed by atoms with Crippen LogP contribution in [0.2, 0.25) is 0 Å². The van der Waals surface area contributed by atoms with E-state index in [0.717, 1.165) is 28.1 Å². The lowest BCUT2D eigenvalue weighted by Crippen LogP contribution is -2.15. The summed E-state index contributed by atoms with van der Waals surface area (Å²) in [5.41, 5.74) is 6.59. The number of H-pyrrole nitrogens is 1. The minimum atomic E-state index is -0.340. The van der Waals surface area contributed by atoms with Gasteiger partial charge < -0.3 is 9.72 Å². The SMILES string of the molecule is COc1ccc(-c2nc(=O)[nH]c3c2C(c2ccccc2)c2ccccc2-3)cc1. The zero-order valence-electron chi connectivity index (χ0n) is 15.3. The normalized spacial score (nSPS) is 14.4. The van der Waals surface area contributed by atoms with Gasteiger partial charge in [0, 0.05) is 22.6 Å². The molecule has 4 heteroatoms. The van der Waals surface area contributed by atoms with Gasteiger partial charge in [0.05, 0.1) is 18.5 Å². The molecule has 1 atom stereocenters. The molecule has 4 aromatic rings. The summed E-state index contributed by atoms with van der Waals surface area (Å²) in [6.45, 7) is 0. The van der Waals surface area contributed by atoms with Gasteiger partial charge in [0.15, 0.2) is 0 Å². The minimum Gasteiger partial charge on any atom is -0.497 e. The van der Waals surface area contributed by atoms with Crippen molar-refractivity contribution in [2.75, 3.05) is 7.11 Å². The lowest BCUT2D eigenvalue weighted by Gasteiger charge is -2.17. The van der Waals surface area contributed by atoms with Crippen LogP contribution in [0, 0.1) is 0 Å². The average Bonchev–Trinajstić information content (AvgIpc) is 3.08. The first-order valence-electron chi connectivity index (χ1n) is 9.19. The Labute approximate surface area is 162 Å². The van der Waals surface area contributed by atoms with Gasteiger partial charge in [0.2, 0.25) is 0 Å². The van der Waals surface area contributed by atoms with Crippen LogP contribution in [0.5, 0.6) is 5.75 Å². The lowest BCUT2D eigenvalue weighted by molar-refractivity contribution is 0.415. The number of methoxy groups -OCH3 is 1. The van der Waals surface area contributed by atoms with Gasteiger partial charge in [-0.15, -0.1) is 0 Å². The molecule has 5 rings (SSSR count). The number of hydrogen-bond acceptors (Lipinski definition) is 3. The molecule has 1 aliphatic carbocycles. The molecule has 1 aromatic heterocycles. The Morgan fingerprint density at radius 1 is 0.893 bits per heavy atom. The highest BCUT2D eigenvalue weighted by molar-refractivity contribution is 5.84. The maximum absolute atomic E-state index is 12.4. The van der Waals surface area contributed by atoms with Crippen LogP contribution in [0.1, 0.15) is 22.6 Å². The topological polar surface area (TPSA) is 55.0 Å². The van der Waals surface area contributed by atoms with E-state index in [1.807, 2.05) is 54.6 Å². The molecular weight excluding hydrogens is 348 g/mol. The number of fused-ring (bicyclic) bond motifs is 3. The van der Waals surface area contributed by atoms with Crippen molar-refractivity contribution >= 4 is 0 Å². The highest BCUT2D eigenvalue weighted by atomic mass is 16.5. The molecule has 0 saturated heterocycles. The molecule has 0 fully saturated rings. The Bertz CT molecular complexity index is 1210. The van der Waals surface area contributed by atoms with E-state index in [9.17, 15) is 4.79 Å². The van der Waals surface area contributed by atoms with Gasteiger partial charge in [-0.1, -0.05) is 54.6 Å². The molecular formula is C24H18N2O2. The lowest BCUT2D eigenvalue weighted by atomic mass is 9.87. The number of aromatic amines is 1. The highest BCUT2D eigenvalue weighted by Gasteiger charge is 2.34. The number of aromatic nitrogens is 2. The molecule has 0 radical (unpaired) electrons. The van der Waals surface area contributed by atoms with Gasteiger partial charge in [-0.3, -0.25) is 0 Å². The van der Waals surface area contributed by atoms with Gasteiger partial charge >= 0.3 is 5.69 Å². The van der Waals surface area contributed by atoms with Gasteiger partial charge in [-0.05, 0) is 35.4 Å². The van der Waals surface area contributed by atoms with Crippen LogP contribution in [0.3, 0.4) is 0 Å². The summed E-state index contributed by atoms with van der Waals surface area (Å²) in [4.78, 5) is 19.8. The number of hydrogen-bond donors (Lipinski definition) is 1. The highest BCUT2D eigenvalue weighted by Crippen LogP contribution is 2.49. The van der Waals surface area contributed by atoms with Crippen molar-refractivity contribution in [3.63, 3.8) is 0 Å². The summed E-state index contributed by atoms with van der Waals surface area (Å²) >= 11 is 0. The van der Waals surface area contributed by atoms with E-state index in [4.69, 9.17) is 4.74 Å². The summed E-state index contributed by atoms with van der Waals surface area (Å²) in [5, 5.41) is 0. The van der Waals surface area contributed by atoms with Crippen LogP contribution < -0.4 is 10.4 Å². The minimum absolute atomic E-state index is 0.0221. The van der Waals surface area contributed by atoms with E-state index in [1.165, 1.54) is 11.1 Å². The Hall–Kier alpha value is -3.66. The van der Waals surface area contributed by atoms with Crippen molar-refractivity contribution in [3.05, 3.63) is 106 Å². The first-order chi connectivity index (χ1) is 13.8. The molecule has 1 aliphatic rings. The molecule has 1 N–H and O–H groups in total. The predicted molar refractivity (Wildman–Crippen MR) is 110 cm³/mol. The van der Waals surface area contributed by atoms with E-state index >= 15 is 0 Å². The van der Waals surface area contributed by atoms with Gasteiger partial charge in [0.25, 0.3) is 0 Å². The van der Waals surface area contributed by atoms with Crippen LogP contribution in [-0.4, -0.2) is 17.1 Å². The molecule has 3 aromatic carbocycles. The molecule has 28 heavy (non-hydrogen) atoms. The summed E-state index contributed by atoms with van der Waals surface area (Å²) in [6.07, 6.45) is 0. The third-order valence-electron chi connectivity index (χ3n) is 5.30. The number of benzene rings is 3.